The molecule has 1 saturated heterocycles. The minimum Gasteiger partial charge on any atom is -0.488 e. The van der Waals surface area contributed by atoms with E-state index in [4.69, 9.17) is 10.5 Å². The van der Waals surface area contributed by atoms with E-state index in [1.54, 1.807) is 12.4 Å². The van der Waals surface area contributed by atoms with Crippen molar-refractivity contribution < 1.29 is 9.53 Å². The molecule has 1 aliphatic heterocycles. The molecule has 1 atom stereocenters. The van der Waals surface area contributed by atoms with E-state index < -0.39 is 0 Å². The average molecular weight is 440 g/mol. The van der Waals surface area contributed by atoms with Crippen molar-refractivity contribution >= 4 is 30.7 Å². The molecule has 1 unspecified atom stereocenters. The van der Waals surface area contributed by atoms with Crippen molar-refractivity contribution in [2.75, 3.05) is 13.1 Å². The number of pyridine rings is 1. The third-order valence-electron chi connectivity index (χ3n) is 5.41. The summed E-state index contributed by atoms with van der Waals surface area (Å²) in [7, 11) is 0. The summed E-state index contributed by atoms with van der Waals surface area (Å²) in [6, 6.07) is 7.86. The molecular weight excluding hydrogens is 409 g/mol. The molecule has 0 aliphatic carbocycles. The molecule has 0 bridgehead atoms. The highest BCUT2D eigenvalue weighted by Crippen LogP contribution is 2.30. The molecule has 5 nitrogen and oxygen atoms in total. The second kappa shape index (κ2) is 10.3. The van der Waals surface area contributed by atoms with Crippen LogP contribution in [0.2, 0.25) is 0 Å². The average Bonchev–Trinajstić information content (AvgIpc) is 2.63. The van der Waals surface area contributed by atoms with E-state index >= 15 is 0 Å². The maximum Gasteiger partial charge on any atom is 0.253 e. The number of nitrogens with two attached hydrogens (primary N) is 1. The first kappa shape index (κ1) is 25.2. The zero-order valence-electron chi connectivity index (χ0n) is 17.5. The monoisotopic (exact) mass is 439 g/mol. The Balaban J connectivity index is 0.00000210. The zero-order chi connectivity index (χ0) is 19.6. The molecule has 7 heteroatoms. The van der Waals surface area contributed by atoms with E-state index in [1.165, 1.54) is 0 Å². The number of hydrogen-bond donors (Lipinski definition) is 1. The van der Waals surface area contributed by atoms with Crippen molar-refractivity contribution in [3.05, 3.63) is 58.9 Å². The van der Waals surface area contributed by atoms with Crippen LogP contribution in [0, 0.1) is 19.3 Å². The SMILES string of the molecule is Cc1cc(C(=O)N2CCC(N)C(C)(C)C2)cc(C)c1OCc1cccnc1.Cl.Cl. The molecule has 2 N–H and O–H groups in total. The number of benzene rings is 1. The minimum atomic E-state index is -0.0647. The molecule has 1 aliphatic rings. The van der Waals surface area contributed by atoms with Gasteiger partial charge in [-0.05, 0) is 55.0 Å². The van der Waals surface area contributed by atoms with Crippen LogP contribution in [0.4, 0.5) is 0 Å². The second-order valence-corrected chi connectivity index (χ2v) is 8.20. The number of rotatable bonds is 4. The Labute approximate surface area is 185 Å². The number of aryl methyl sites for hydroxylation is 2. The Bertz CT molecular complexity index is 805. The molecule has 1 fully saturated rings. The van der Waals surface area contributed by atoms with Crippen molar-refractivity contribution in [2.24, 2.45) is 11.1 Å². The topological polar surface area (TPSA) is 68.5 Å². The smallest absolute Gasteiger partial charge is 0.253 e. The Morgan fingerprint density at radius 2 is 1.93 bits per heavy atom. The zero-order valence-corrected chi connectivity index (χ0v) is 19.1. The number of nitrogens with zero attached hydrogens (tertiary/aromatic N) is 2. The first-order valence-corrected chi connectivity index (χ1v) is 9.46. The molecule has 0 spiro atoms. The van der Waals surface area contributed by atoms with Crippen molar-refractivity contribution in [3.8, 4) is 5.75 Å². The van der Waals surface area contributed by atoms with Gasteiger partial charge in [0, 0.05) is 42.7 Å². The Morgan fingerprint density at radius 3 is 2.48 bits per heavy atom. The lowest BCUT2D eigenvalue weighted by Gasteiger charge is -2.42. The second-order valence-electron chi connectivity index (χ2n) is 8.20. The Hall–Kier alpha value is -1.82. The summed E-state index contributed by atoms with van der Waals surface area (Å²) in [4.78, 5) is 19.1. The minimum absolute atomic E-state index is 0. The summed E-state index contributed by atoms with van der Waals surface area (Å²) in [6.07, 6.45) is 4.38. The summed E-state index contributed by atoms with van der Waals surface area (Å²) >= 11 is 0. The van der Waals surface area contributed by atoms with Crippen LogP contribution in [0.3, 0.4) is 0 Å². The Kier molecular flexibility index (Phi) is 8.94. The van der Waals surface area contributed by atoms with E-state index in [1.807, 2.05) is 43.0 Å². The van der Waals surface area contributed by atoms with Crippen molar-refractivity contribution in [2.45, 2.75) is 46.8 Å². The number of carbonyl (C=O) groups excluding carboxylic acids is 1. The number of amides is 1. The van der Waals surface area contributed by atoms with Gasteiger partial charge in [0.1, 0.15) is 12.4 Å². The van der Waals surface area contributed by atoms with Crippen LogP contribution < -0.4 is 10.5 Å². The lowest BCUT2D eigenvalue weighted by Crippen LogP contribution is -2.54. The van der Waals surface area contributed by atoms with Gasteiger partial charge in [0.15, 0.2) is 0 Å². The van der Waals surface area contributed by atoms with Crippen LogP contribution in [0.15, 0.2) is 36.7 Å². The molecule has 2 aromatic rings. The first-order chi connectivity index (χ1) is 12.8. The number of ether oxygens (including phenoxy) is 1. The highest BCUT2D eigenvalue weighted by molar-refractivity contribution is 5.95. The van der Waals surface area contributed by atoms with Gasteiger partial charge in [0.2, 0.25) is 0 Å². The number of aromatic nitrogens is 1. The first-order valence-electron chi connectivity index (χ1n) is 9.46. The van der Waals surface area contributed by atoms with Crippen LogP contribution in [0.5, 0.6) is 5.75 Å². The molecule has 0 radical (unpaired) electrons. The number of likely N-dealkylation sites (tertiary alicyclic amines) is 1. The van der Waals surface area contributed by atoms with Gasteiger partial charge in [-0.2, -0.15) is 0 Å². The maximum absolute atomic E-state index is 13.0. The van der Waals surface area contributed by atoms with Gasteiger partial charge in [-0.3, -0.25) is 9.78 Å². The predicted molar refractivity (Wildman–Crippen MR) is 121 cm³/mol. The number of carbonyl (C=O) groups is 1. The van der Waals surface area contributed by atoms with Crippen LogP contribution in [-0.4, -0.2) is 34.9 Å². The Morgan fingerprint density at radius 1 is 1.28 bits per heavy atom. The number of piperidine rings is 1. The normalized spacial score (nSPS) is 17.7. The fourth-order valence-corrected chi connectivity index (χ4v) is 3.67. The standard InChI is InChI=1S/C22H29N3O2.2ClH/c1-15-10-18(21(26)25-9-7-19(23)22(3,4)14-25)11-16(2)20(15)27-13-17-6-5-8-24-12-17;;/h5-6,8,10-12,19H,7,9,13-14,23H2,1-4H3;2*1H. The van der Waals surface area contributed by atoms with Crippen LogP contribution in [0.1, 0.15) is 47.3 Å². The molecule has 29 heavy (non-hydrogen) atoms. The van der Waals surface area contributed by atoms with Gasteiger partial charge >= 0.3 is 0 Å². The van der Waals surface area contributed by atoms with Gasteiger partial charge in [-0.25, -0.2) is 0 Å². The lowest BCUT2D eigenvalue weighted by atomic mass is 9.79. The number of halogens is 2. The largest absolute Gasteiger partial charge is 0.488 e. The highest BCUT2D eigenvalue weighted by atomic mass is 35.5. The summed E-state index contributed by atoms with van der Waals surface area (Å²) in [6.45, 7) is 10.1. The molecule has 1 amide bonds. The molecule has 1 aromatic heterocycles. The summed E-state index contributed by atoms with van der Waals surface area (Å²) in [5.41, 5.74) is 9.80. The number of hydrogen-bond acceptors (Lipinski definition) is 4. The van der Waals surface area contributed by atoms with Gasteiger partial charge in [0.05, 0.1) is 0 Å². The van der Waals surface area contributed by atoms with E-state index in [9.17, 15) is 4.79 Å². The molecule has 1 aromatic carbocycles. The maximum atomic E-state index is 13.0. The van der Waals surface area contributed by atoms with Gasteiger partial charge in [-0.1, -0.05) is 19.9 Å². The molecular formula is C22H31Cl2N3O2. The van der Waals surface area contributed by atoms with Gasteiger partial charge in [0.25, 0.3) is 5.91 Å². The van der Waals surface area contributed by atoms with E-state index in [0.717, 1.165) is 28.9 Å². The van der Waals surface area contributed by atoms with Crippen molar-refractivity contribution in [3.63, 3.8) is 0 Å². The fourth-order valence-electron chi connectivity index (χ4n) is 3.67. The van der Waals surface area contributed by atoms with E-state index in [-0.39, 0.29) is 42.2 Å². The van der Waals surface area contributed by atoms with Gasteiger partial charge < -0.3 is 15.4 Å². The quantitative estimate of drug-likeness (QED) is 0.769. The molecule has 160 valence electrons. The van der Waals surface area contributed by atoms with Crippen LogP contribution >= 0.6 is 24.8 Å². The predicted octanol–water partition coefficient (Wildman–Crippen LogP) is 4.32. The van der Waals surface area contributed by atoms with Crippen LogP contribution in [-0.2, 0) is 6.61 Å². The highest BCUT2D eigenvalue weighted by Gasteiger charge is 2.35. The summed E-state index contributed by atoms with van der Waals surface area (Å²) in [5.74, 6) is 0.899. The molecule has 2 heterocycles. The fraction of sp³-hybridized carbons (Fsp3) is 0.455. The third-order valence-corrected chi connectivity index (χ3v) is 5.41. The van der Waals surface area contributed by atoms with E-state index in [2.05, 4.69) is 18.8 Å². The van der Waals surface area contributed by atoms with Gasteiger partial charge in [-0.15, -0.1) is 24.8 Å². The van der Waals surface area contributed by atoms with Crippen molar-refractivity contribution in [1.82, 2.24) is 9.88 Å². The lowest BCUT2D eigenvalue weighted by molar-refractivity contribution is 0.0533. The molecule has 0 saturated carbocycles. The summed E-state index contributed by atoms with van der Waals surface area (Å²) in [5, 5.41) is 0. The third kappa shape index (κ3) is 5.84. The van der Waals surface area contributed by atoms with Crippen molar-refractivity contribution in [1.29, 1.82) is 0 Å². The summed E-state index contributed by atoms with van der Waals surface area (Å²) < 4.78 is 6.00. The van der Waals surface area contributed by atoms with Crippen LogP contribution in [0.25, 0.3) is 0 Å². The van der Waals surface area contributed by atoms with E-state index in [0.29, 0.717) is 25.3 Å². The molecule has 3 rings (SSSR count).